The molecule has 0 bridgehead atoms. The van der Waals surface area contributed by atoms with E-state index < -0.39 is 0 Å². The summed E-state index contributed by atoms with van der Waals surface area (Å²) in [5, 5.41) is 0. The largest absolute Gasteiger partial charge is 0.384 e. The van der Waals surface area contributed by atoms with Crippen molar-refractivity contribution in [3.63, 3.8) is 0 Å². The summed E-state index contributed by atoms with van der Waals surface area (Å²) < 4.78 is 0. The highest BCUT2D eigenvalue weighted by Crippen LogP contribution is 2.17. The van der Waals surface area contributed by atoms with E-state index in [0.717, 1.165) is 44.0 Å². The van der Waals surface area contributed by atoms with Gasteiger partial charge in [0.1, 0.15) is 17.5 Å². The first-order valence-corrected chi connectivity index (χ1v) is 6.72. The molecule has 0 radical (unpaired) electrons. The van der Waals surface area contributed by atoms with Gasteiger partial charge in [-0.25, -0.2) is 9.97 Å². The molecule has 1 aliphatic rings. The van der Waals surface area contributed by atoms with Crippen molar-refractivity contribution in [3.05, 3.63) is 11.9 Å². The normalized spacial score (nSPS) is 16.6. The summed E-state index contributed by atoms with van der Waals surface area (Å²) in [6.07, 6.45) is 2.72. The maximum atomic E-state index is 11.9. The SMILES string of the molecule is CCCc1nc(N)cc(N2CCCN(C)C(=O)C2)n1. The predicted molar refractivity (Wildman–Crippen MR) is 74.9 cm³/mol. The Hall–Kier alpha value is -1.85. The summed E-state index contributed by atoms with van der Waals surface area (Å²) in [6.45, 7) is 4.05. The highest BCUT2D eigenvalue weighted by atomic mass is 16.2. The monoisotopic (exact) mass is 263 g/mol. The Morgan fingerprint density at radius 2 is 2.16 bits per heavy atom. The van der Waals surface area contributed by atoms with Gasteiger partial charge in [0.2, 0.25) is 5.91 Å². The van der Waals surface area contributed by atoms with Gasteiger partial charge in [0.05, 0.1) is 6.54 Å². The molecule has 1 fully saturated rings. The highest BCUT2D eigenvalue weighted by molar-refractivity contribution is 5.81. The number of anilines is 2. The number of rotatable bonds is 3. The number of hydrogen-bond acceptors (Lipinski definition) is 5. The summed E-state index contributed by atoms with van der Waals surface area (Å²) in [5.74, 6) is 2.10. The standard InChI is InChI=1S/C13H21N5O/c1-3-5-11-15-10(14)8-12(16-11)18-7-4-6-17(2)13(19)9-18/h8H,3-7,9H2,1-2H3,(H2,14,15,16). The molecule has 0 atom stereocenters. The predicted octanol–water partition coefficient (Wildman–Crippen LogP) is 0.680. The molecular weight excluding hydrogens is 242 g/mol. The second kappa shape index (κ2) is 5.86. The van der Waals surface area contributed by atoms with Crippen molar-refractivity contribution in [2.45, 2.75) is 26.2 Å². The number of nitrogens with two attached hydrogens (primary N) is 1. The molecule has 104 valence electrons. The number of amides is 1. The van der Waals surface area contributed by atoms with Crippen LogP contribution in [0, 0.1) is 0 Å². The minimum atomic E-state index is 0.117. The fourth-order valence-corrected chi connectivity index (χ4v) is 2.18. The Kier molecular flexibility index (Phi) is 4.19. The molecule has 19 heavy (non-hydrogen) atoms. The summed E-state index contributed by atoms with van der Waals surface area (Å²) in [7, 11) is 1.84. The lowest BCUT2D eigenvalue weighted by atomic mass is 10.3. The second-order valence-electron chi connectivity index (χ2n) is 4.91. The van der Waals surface area contributed by atoms with Gasteiger partial charge in [0.25, 0.3) is 0 Å². The van der Waals surface area contributed by atoms with Crippen LogP contribution in [0.2, 0.25) is 0 Å². The maximum Gasteiger partial charge on any atom is 0.241 e. The Morgan fingerprint density at radius 3 is 2.89 bits per heavy atom. The lowest BCUT2D eigenvalue weighted by molar-refractivity contribution is -0.127. The van der Waals surface area contributed by atoms with E-state index in [0.29, 0.717) is 12.4 Å². The van der Waals surface area contributed by atoms with Gasteiger partial charge >= 0.3 is 0 Å². The van der Waals surface area contributed by atoms with Crippen molar-refractivity contribution in [2.75, 3.05) is 37.3 Å². The van der Waals surface area contributed by atoms with Gasteiger partial charge in [-0.3, -0.25) is 4.79 Å². The molecule has 6 nitrogen and oxygen atoms in total. The smallest absolute Gasteiger partial charge is 0.241 e. The van der Waals surface area contributed by atoms with Crippen molar-refractivity contribution in [1.82, 2.24) is 14.9 Å². The van der Waals surface area contributed by atoms with E-state index in [1.165, 1.54) is 0 Å². The maximum absolute atomic E-state index is 11.9. The van der Waals surface area contributed by atoms with Crippen LogP contribution in [0.5, 0.6) is 0 Å². The third kappa shape index (κ3) is 3.33. The van der Waals surface area contributed by atoms with E-state index in [4.69, 9.17) is 5.73 Å². The van der Waals surface area contributed by atoms with E-state index in [-0.39, 0.29) is 5.91 Å². The molecule has 0 unspecified atom stereocenters. The molecule has 0 aromatic carbocycles. The minimum absolute atomic E-state index is 0.117. The second-order valence-corrected chi connectivity index (χ2v) is 4.91. The Morgan fingerprint density at radius 1 is 1.37 bits per heavy atom. The molecule has 0 saturated carbocycles. The molecule has 1 aliphatic heterocycles. The van der Waals surface area contributed by atoms with Gasteiger partial charge < -0.3 is 15.5 Å². The van der Waals surface area contributed by atoms with Crippen LogP contribution in [0.25, 0.3) is 0 Å². The number of carbonyl (C=O) groups excluding carboxylic acids is 1. The average Bonchev–Trinajstić information content (AvgIpc) is 2.52. The quantitative estimate of drug-likeness (QED) is 0.868. The zero-order valence-electron chi connectivity index (χ0n) is 11.6. The molecule has 1 aromatic rings. The third-order valence-electron chi connectivity index (χ3n) is 3.25. The van der Waals surface area contributed by atoms with Crippen LogP contribution < -0.4 is 10.6 Å². The van der Waals surface area contributed by atoms with Crippen LogP contribution in [0.15, 0.2) is 6.07 Å². The van der Waals surface area contributed by atoms with Crippen LogP contribution in [0.4, 0.5) is 11.6 Å². The van der Waals surface area contributed by atoms with Crippen molar-refractivity contribution < 1.29 is 4.79 Å². The van der Waals surface area contributed by atoms with Crippen LogP contribution >= 0.6 is 0 Å². The van der Waals surface area contributed by atoms with E-state index in [1.807, 2.05) is 11.9 Å². The molecule has 2 rings (SSSR count). The van der Waals surface area contributed by atoms with Gasteiger partial charge in [-0.1, -0.05) is 6.92 Å². The fourth-order valence-electron chi connectivity index (χ4n) is 2.18. The molecule has 1 amide bonds. The third-order valence-corrected chi connectivity index (χ3v) is 3.25. The van der Waals surface area contributed by atoms with E-state index >= 15 is 0 Å². The van der Waals surface area contributed by atoms with Crippen molar-refractivity contribution in [1.29, 1.82) is 0 Å². The van der Waals surface area contributed by atoms with E-state index in [1.54, 1.807) is 11.0 Å². The van der Waals surface area contributed by atoms with Gasteiger partial charge in [-0.15, -0.1) is 0 Å². The number of nitrogen functional groups attached to an aromatic ring is 1. The molecule has 2 heterocycles. The number of carbonyl (C=O) groups is 1. The Balaban J connectivity index is 2.22. The molecule has 2 N–H and O–H groups in total. The number of nitrogens with zero attached hydrogens (tertiary/aromatic N) is 4. The summed E-state index contributed by atoms with van der Waals surface area (Å²) in [4.78, 5) is 24.4. The van der Waals surface area contributed by atoms with E-state index in [2.05, 4.69) is 16.9 Å². The first-order chi connectivity index (χ1) is 9.10. The lowest BCUT2D eigenvalue weighted by Gasteiger charge is -2.21. The summed E-state index contributed by atoms with van der Waals surface area (Å²) in [6, 6.07) is 1.75. The Bertz CT molecular complexity index is 462. The van der Waals surface area contributed by atoms with Crippen molar-refractivity contribution in [2.24, 2.45) is 0 Å². The first kappa shape index (κ1) is 13.6. The van der Waals surface area contributed by atoms with Gasteiger partial charge in [-0.2, -0.15) is 0 Å². The minimum Gasteiger partial charge on any atom is -0.384 e. The molecule has 0 spiro atoms. The fraction of sp³-hybridized carbons (Fsp3) is 0.615. The summed E-state index contributed by atoms with van der Waals surface area (Å²) >= 11 is 0. The molecule has 1 saturated heterocycles. The van der Waals surface area contributed by atoms with E-state index in [9.17, 15) is 4.79 Å². The number of likely N-dealkylation sites (N-methyl/N-ethyl adjacent to an activating group) is 1. The zero-order chi connectivity index (χ0) is 13.8. The molecule has 6 heteroatoms. The van der Waals surface area contributed by atoms with Crippen LogP contribution in [-0.4, -0.2) is 47.5 Å². The number of hydrogen-bond donors (Lipinski definition) is 1. The number of aromatic nitrogens is 2. The van der Waals surface area contributed by atoms with Crippen LogP contribution in [0.3, 0.4) is 0 Å². The number of aryl methyl sites for hydroxylation is 1. The molecular formula is C13H21N5O. The lowest BCUT2D eigenvalue weighted by Crippen LogP contribution is -2.34. The topological polar surface area (TPSA) is 75.3 Å². The first-order valence-electron chi connectivity index (χ1n) is 6.72. The van der Waals surface area contributed by atoms with Gasteiger partial charge in [0.15, 0.2) is 0 Å². The Labute approximate surface area is 113 Å². The van der Waals surface area contributed by atoms with Gasteiger partial charge in [0, 0.05) is 32.6 Å². The average molecular weight is 263 g/mol. The molecule has 0 aliphatic carbocycles. The van der Waals surface area contributed by atoms with Crippen LogP contribution in [0.1, 0.15) is 25.6 Å². The van der Waals surface area contributed by atoms with Crippen LogP contribution in [-0.2, 0) is 11.2 Å². The van der Waals surface area contributed by atoms with Crippen molar-refractivity contribution in [3.8, 4) is 0 Å². The zero-order valence-corrected chi connectivity index (χ0v) is 11.6. The van der Waals surface area contributed by atoms with Crippen molar-refractivity contribution >= 4 is 17.5 Å². The molecule has 1 aromatic heterocycles. The van der Waals surface area contributed by atoms with Gasteiger partial charge in [-0.05, 0) is 12.8 Å². The highest BCUT2D eigenvalue weighted by Gasteiger charge is 2.20. The summed E-state index contributed by atoms with van der Waals surface area (Å²) in [5.41, 5.74) is 5.82.